The summed E-state index contributed by atoms with van der Waals surface area (Å²) in [5.41, 5.74) is 3.70. The fourth-order valence-corrected chi connectivity index (χ4v) is 1.98. The van der Waals surface area contributed by atoms with Crippen molar-refractivity contribution in [3.63, 3.8) is 0 Å². The molecule has 0 atom stereocenters. The van der Waals surface area contributed by atoms with E-state index in [1.54, 1.807) is 7.11 Å². The maximum Gasteiger partial charge on any atom is 0.133 e. The highest BCUT2D eigenvalue weighted by Crippen LogP contribution is 2.24. The van der Waals surface area contributed by atoms with Gasteiger partial charge in [-0.15, -0.1) is 0 Å². The number of carbonyl (C=O) groups excluding carboxylic acids is 1. The van der Waals surface area contributed by atoms with Crippen LogP contribution in [0.4, 0.5) is 0 Å². The summed E-state index contributed by atoms with van der Waals surface area (Å²) in [4.78, 5) is 12.4. The molecule has 0 N–H and O–H groups in total. The zero-order chi connectivity index (χ0) is 12.8. The number of benzene rings is 1. The number of rotatable bonds is 6. The molecule has 1 aromatic carbocycles. The number of carbonyl (C=O) groups is 1. The summed E-state index contributed by atoms with van der Waals surface area (Å²) < 4.78 is 5.41. The smallest absolute Gasteiger partial charge is 0.133 e. The first-order chi connectivity index (χ1) is 8.08. The highest BCUT2D eigenvalue weighted by molar-refractivity contribution is 5.51. The van der Waals surface area contributed by atoms with Crippen molar-refractivity contribution in [2.45, 2.75) is 20.3 Å². The van der Waals surface area contributed by atoms with Crippen molar-refractivity contribution in [2.24, 2.45) is 0 Å². The van der Waals surface area contributed by atoms with Gasteiger partial charge in [-0.25, -0.2) is 0 Å². The molecule has 0 amide bonds. The van der Waals surface area contributed by atoms with Crippen LogP contribution in [-0.2, 0) is 11.2 Å². The summed E-state index contributed by atoms with van der Waals surface area (Å²) in [7, 11) is 3.65. The summed E-state index contributed by atoms with van der Waals surface area (Å²) in [6.45, 7) is 5.51. The van der Waals surface area contributed by atoms with Crippen molar-refractivity contribution < 1.29 is 9.53 Å². The van der Waals surface area contributed by atoms with Gasteiger partial charge in [0.2, 0.25) is 0 Å². The largest absolute Gasteiger partial charge is 0.496 e. The molecule has 0 radical (unpaired) electrons. The number of aldehydes is 1. The molecular formula is C14H21NO2. The Hall–Kier alpha value is -1.35. The van der Waals surface area contributed by atoms with Crippen LogP contribution in [0.1, 0.15) is 16.7 Å². The van der Waals surface area contributed by atoms with Crippen molar-refractivity contribution in [1.82, 2.24) is 4.90 Å². The zero-order valence-corrected chi connectivity index (χ0v) is 11.1. The number of likely N-dealkylation sites (N-methyl/N-ethyl adjacent to an activating group) is 1. The molecular weight excluding hydrogens is 214 g/mol. The fraction of sp³-hybridized carbons (Fsp3) is 0.500. The lowest BCUT2D eigenvalue weighted by molar-refractivity contribution is -0.108. The normalized spacial score (nSPS) is 10.6. The second-order valence-electron chi connectivity index (χ2n) is 4.44. The lowest BCUT2D eigenvalue weighted by Gasteiger charge is -2.17. The van der Waals surface area contributed by atoms with E-state index in [0.717, 1.165) is 25.0 Å². The minimum atomic E-state index is 0.479. The summed E-state index contributed by atoms with van der Waals surface area (Å²) in [5, 5.41) is 0. The van der Waals surface area contributed by atoms with Gasteiger partial charge in [-0.1, -0.05) is 6.07 Å². The van der Waals surface area contributed by atoms with E-state index in [1.807, 2.05) is 11.9 Å². The SMILES string of the molecule is COc1cc(C)cc(C)c1CCN(C)CC=O. The molecule has 0 heterocycles. The van der Waals surface area contributed by atoms with Gasteiger partial charge in [0.05, 0.1) is 13.7 Å². The number of hydrogen-bond donors (Lipinski definition) is 0. The highest BCUT2D eigenvalue weighted by atomic mass is 16.5. The first-order valence-electron chi connectivity index (χ1n) is 5.84. The van der Waals surface area contributed by atoms with Crippen LogP contribution >= 0.6 is 0 Å². The molecule has 0 fully saturated rings. The Bertz CT molecular complexity index is 388. The van der Waals surface area contributed by atoms with E-state index in [9.17, 15) is 4.79 Å². The summed E-state index contributed by atoms with van der Waals surface area (Å²) >= 11 is 0. The Morgan fingerprint density at radius 3 is 2.65 bits per heavy atom. The molecule has 0 unspecified atom stereocenters. The predicted molar refractivity (Wildman–Crippen MR) is 69.7 cm³/mol. The Morgan fingerprint density at radius 2 is 2.06 bits per heavy atom. The van der Waals surface area contributed by atoms with Crippen LogP contribution in [0.3, 0.4) is 0 Å². The van der Waals surface area contributed by atoms with E-state index >= 15 is 0 Å². The molecule has 17 heavy (non-hydrogen) atoms. The topological polar surface area (TPSA) is 29.5 Å². The third-order valence-electron chi connectivity index (χ3n) is 2.93. The van der Waals surface area contributed by atoms with Crippen LogP contribution in [0.2, 0.25) is 0 Å². The standard InChI is InChI=1S/C14H21NO2/c1-11-9-12(2)13(14(10-11)17-4)5-6-15(3)7-8-16/h8-10H,5-7H2,1-4H3. The van der Waals surface area contributed by atoms with E-state index in [4.69, 9.17) is 4.74 Å². The molecule has 0 saturated carbocycles. The number of nitrogens with zero attached hydrogens (tertiary/aromatic N) is 1. The molecule has 3 heteroatoms. The van der Waals surface area contributed by atoms with E-state index in [-0.39, 0.29) is 0 Å². The molecule has 1 rings (SSSR count). The Morgan fingerprint density at radius 1 is 1.35 bits per heavy atom. The quantitative estimate of drug-likeness (QED) is 0.706. The van der Waals surface area contributed by atoms with Crippen molar-refractivity contribution in [3.8, 4) is 5.75 Å². The molecule has 0 saturated heterocycles. The van der Waals surface area contributed by atoms with Crippen LogP contribution < -0.4 is 4.74 Å². The highest BCUT2D eigenvalue weighted by Gasteiger charge is 2.08. The first-order valence-corrected chi connectivity index (χ1v) is 5.84. The van der Waals surface area contributed by atoms with Gasteiger partial charge < -0.3 is 9.53 Å². The van der Waals surface area contributed by atoms with Gasteiger partial charge in [0.15, 0.2) is 0 Å². The summed E-state index contributed by atoms with van der Waals surface area (Å²) in [6, 6.07) is 4.22. The number of methoxy groups -OCH3 is 1. The Kier molecular flexibility index (Phi) is 5.16. The Labute approximate surface area is 103 Å². The van der Waals surface area contributed by atoms with Crippen LogP contribution in [0.25, 0.3) is 0 Å². The maximum absolute atomic E-state index is 10.4. The third-order valence-corrected chi connectivity index (χ3v) is 2.93. The molecule has 94 valence electrons. The second-order valence-corrected chi connectivity index (χ2v) is 4.44. The van der Waals surface area contributed by atoms with Crippen molar-refractivity contribution in [2.75, 3.05) is 27.2 Å². The lowest BCUT2D eigenvalue weighted by Crippen LogP contribution is -2.23. The first kappa shape index (κ1) is 13.7. The van der Waals surface area contributed by atoms with Crippen LogP contribution in [-0.4, -0.2) is 38.4 Å². The van der Waals surface area contributed by atoms with Gasteiger partial charge >= 0.3 is 0 Å². The fourth-order valence-electron chi connectivity index (χ4n) is 1.98. The van der Waals surface area contributed by atoms with Gasteiger partial charge in [0.1, 0.15) is 12.0 Å². The van der Waals surface area contributed by atoms with Crippen LogP contribution in [0, 0.1) is 13.8 Å². The van der Waals surface area contributed by atoms with E-state index < -0.39 is 0 Å². The van der Waals surface area contributed by atoms with Gasteiger partial charge in [-0.3, -0.25) is 4.90 Å². The molecule has 0 aromatic heterocycles. The molecule has 3 nitrogen and oxygen atoms in total. The molecule has 0 aliphatic rings. The molecule has 0 bridgehead atoms. The average Bonchev–Trinajstić information content (AvgIpc) is 2.27. The minimum Gasteiger partial charge on any atom is -0.496 e. The number of aryl methyl sites for hydroxylation is 2. The van der Waals surface area contributed by atoms with Gasteiger partial charge in [-0.05, 0) is 50.1 Å². The predicted octanol–water partition coefficient (Wildman–Crippen LogP) is 1.99. The number of hydrogen-bond acceptors (Lipinski definition) is 3. The monoisotopic (exact) mass is 235 g/mol. The van der Waals surface area contributed by atoms with Gasteiger partial charge in [0, 0.05) is 6.54 Å². The molecule has 1 aromatic rings. The van der Waals surface area contributed by atoms with Crippen LogP contribution in [0.15, 0.2) is 12.1 Å². The van der Waals surface area contributed by atoms with E-state index in [2.05, 4.69) is 26.0 Å². The minimum absolute atomic E-state index is 0.479. The third kappa shape index (κ3) is 3.86. The summed E-state index contributed by atoms with van der Waals surface area (Å²) in [6.07, 6.45) is 1.83. The van der Waals surface area contributed by atoms with Gasteiger partial charge in [0.25, 0.3) is 0 Å². The molecule has 0 aliphatic heterocycles. The van der Waals surface area contributed by atoms with Gasteiger partial charge in [-0.2, -0.15) is 0 Å². The Balaban J connectivity index is 2.79. The van der Waals surface area contributed by atoms with Crippen molar-refractivity contribution in [1.29, 1.82) is 0 Å². The van der Waals surface area contributed by atoms with Crippen molar-refractivity contribution in [3.05, 3.63) is 28.8 Å². The zero-order valence-electron chi connectivity index (χ0n) is 11.1. The van der Waals surface area contributed by atoms with E-state index in [1.165, 1.54) is 16.7 Å². The molecule has 0 spiro atoms. The van der Waals surface area contributed by atoms with E-state index in [0.29, 0.717) is 6.54 Å². The number of ether oxygens (including phenoxy) is 1. The summed E-state index contributed by atoms with van der Waals surface area (Å²) in [5.74, 6) is 0.946. The lowest BCUT2D eigenvalue weighted by atomic mass is 10.0. The van der Waals surface area contributed by atoms with Crippen LogP contribution in [0.5, 0.6) is 5.75 Å². The maximum atomic E-state index is 10.4. The average molecular weight is 235 g/mol. The second kappa shape index (κ2) is 6.40. The molecule has 0 aliphatic carbocycles. The van der Waals surface area contributed by atoms with Crippen molar-refractivity contribution >= 4 is 6.29 Å².